The average molecular weight is 514 g/mol. The standard InChI is InChI=1S/C26H25Cl2N3O2S/c1-26(2,3)20-9-11-21(12-10-20)34(32,33)30-29-15-19-17-31(25-7-5-4-6-22(19)25)16-18-8-13-23(27)24(28)14-18/h4-15,17,30H,16H2,1-3H3. The molecule has 0 saturated carbocycles. The Morgan fingerprint density at radius 1 is 0.971 bits per heavy atom. The highest BCUT2D eigenvalue weighted by molar-refractivity contribution is 7.89. The molecule has 0 saturated heterocycles. The first-order chi connectivity index (χ1) is 16.0. The van der Waals surface area contributed by atoms with Crippen molar-refractivity contribution < 1.29 is 8.42 Å². The highest BCUT2D eigenvalue weighted by atomic mass is 35.5. The summed E-state index contributed by atoms with van der Waals surface area (Å²) in [5, 5.41) is 6.01. The minimum Gasteiger partial charge on any atom is -0.342 e. The van der Waals surface area contributed by atoms with E-state index in [4.69, 9.17) is 23.2 Å². The number of aromatic nitrogens is 1. The maximum Gasteiger partial charge on any atom is 0.276 e. The Bertz CT molecular complexity index is 1470. The molecule has 4 aromatic rings. The van der Waals surface area contributed by atoms with E-state index in [0.717, 1.165) is 27.6 Å². The van der Waals surface area contributed by atoms with Crippen LogP contribution in [0.5, 0.6) is 0 Å². The molecule has 0 atom stereocenters. The zero-order valence-corrected chi connectivity index (χ0v) is 21.4. The zero-order valence-electron chi connectivity index (χ0n) is 19.1. The zero-order chi connectivity index (χ0) is 24.5. The van der Waals surface area contributed by atoms with Crippen LogP contribution >= 0.6 is 23.2 Å². The molecular formula is C26H25Cl2N3O2S. The predicted molar refractivity (Wildman–Crippen MR) is 141 cm³/mol. The summed E-state index contributed by atoms with van der Waals surface area (Å²) in [5.74, 6) is 0. The van der Waals surface area contributed by atoms with Crippen molar-refractivity contribution in [2.75, 3.05) is 0 Å². The third kappa shape index (κ3) is 5.30. The van der Waals surface area contributed by atoms with Crippen molar-refractivity contribution in [1.82, 2.24) is 9.40 Å². The third-order valence-corrected chi connectivity index (χ3v) is 7.54. The second-order valence-corrected chi connectivity index (χ2v) is 11.6. The fraction of sp³-hybridized carbons (Fsp3) is 0.192. The number of fused-ring (bicyclic) bond motifs is 1. The lowest BCUT2D eigenvalue weighted by molar-refractivity contribution is 0.580. The molecule has 0 amide bonds. The number of rotatable bonds is 6. The number of halogens is 2. The van der Waals surface area contributed by atoms with Gasteiger partial charge in [0.2, 0.25) is 0 Å². The van der Waals surface area contributed by atoms with Gasteiger partial charge in [-0.2, -0.15) is 13.5 Å². The summed E-state index contributed by atoms with van der Waals surface area (Å²) in [4.78, 5) is 2.49. The van der Waals surface area contributed by atoms with E-state index in [1.54, 1.807) is 18.2 Å². The number of nitrogens with zero attached hydrogens (tertiary/aromatic N) is 2. The lowest BCUT2D eigenvalue weighted by Crippen LogP contribution is -2.19. The molecule has 0 aliphatic heterocycles. The predicted octanol–water partition coefficient (Wildman–Crippen LogP) is 6.61. The van der Waals surface area contributed by atoms with Gasteiger partial charge in [0.15, 0.2) is 0 Å². The summed E-state index contributed by atoms with van der Waals surface area (Å²) in [6, 6.07) is 20.3. The van der Waals surface area contributed by atoms with Crippen molar-refractivity contribution in [3.8, 4) is 0 Å². The highest BCUT2D eigenvalue weighted by Crippen LogP contribution is 2.26. The molecule has 34 heavy (non-hydrogen) atoms. The summed E-state index contributed by atoms with van der Waals surface area (Å²) in [7, 11) is -3.78. The molecule has 8 heteroatoms. The molecule has 176 valence electrons. The maximum atomic E-state index is 12.7. The number of benzene rings is 3. The van der Waals surface area contributed by atoms with Crippen LogP contribution in [-0.4, -0.2) is 19.2 Å². The fourth-order valence-corrected chi connectivity index (χ4v) is 4.81. The van der Waals surface area contributed by atoms with Crippen LogP contribution < -0.4 is 4.83 Å². The first-order valence-corrected chi connectivity index (χ1v) is 13.0. The molecular weight excluding hydrogens is 489 g/mol. The van der Waals surface area contributed by atoms with Crippen molar-refractivity contribution in [3.63, 3.8) is 0 Å². The molecule has 0 radical (unpaired) electrons. The molecule has 1 N–H and O–H groups in total. The molecule has 1 heterocycles. The van der Waals surface area contributed by atoms with Gasteiger partial charge < -0.3 is 4.57 Å². The molecule has 3 aromatic carbocycles. The summed E-state index contributed by atoms with van der Waals surface area (Å²) in [6.07, 6.45) is 3.46. The summed E-state index contributed by atoms with van der Waals surface area (Å²) >= 11 is 12.2. The van der Waals surface area contributed by atoms with E-state index in [1.165, 1.54) is 6.21 Å². The van der Waals surface area contributed by atoms with Crippen LogP contribution in [0, 0.1) is 0 Å². The normalized spacial score (nSPS) is 12.5. The largest absolute Gasteiger partial charge is 0.342 e. The average Bonchev–Trinajstić information content (AvgIpc) is 3.13. The number of hydrogen-bond donors (Lipinski definition) is 1. The first-order valence-electron chi connectivity index (χ1n) is 10.7. The lowest BCUT2D eigenvalue weighted by Gasteiger charge is -2.19. The Hall–Kier alpha value is -2.80. The van der Waals surface area contributed by atoms with Crippen LogP contribution in [0.25, 0.3) is 10.9 Å². The topological polar surface area (TPSA) is 63.5 Å². The number of hydrogen-bond acceptors (Lipinski definition) is 3. The maximum absolute atomic E-state index is 12.7. The molecule has 4 rings (SSSR count). The lowest BCUT2D eigenvalue weighted by atomic mass is 9.87. The van der Waals surface area contributed by atoms with Gasteiger partial charge in [-0.3, -0.25) is 0 Å². The second kappa shape index (κ2) is 9.45. The Labute approximate surface area is 210 Å². The molecule has 1 aromatic heterocycles. The van der Waals surface area contributed by atoms with Crippen molar-refractivity contribution in [1.29, 1.82) is 0 Å². The van der Waals surface area contributed by atoms with Gasteiger partial charge in [-0.25, -0.2) is 4.83 Å². The molecule has 5 nitrogen and oxygen atoms in total. The van der Waals surface area contributed by atoms with E-state index in [2.05, 4.69) is 35.3 Å². The Morgan fingerprint density at radius 2 is 1.68 bits per heavy atom. The number of sulfonamides is 1. The van der Waals surface area contributed by atoms with Gasteiger partial charge in [-0.1, -0.05) is 80.4 Å². The van der Waals surface area contributed by atoms with E-state index in [9.17, 15) is 8.42 Å². The van der Waals surface area contributed by atoms with Crippen LogP contribution in [-0.2, 0) is 22.0 Å². The highest BCUT2D eigenvalue weighted by Gasteiger charge is 2.17. The summed E-state index contributed by atoms with van der Waals surface area (Å²) in [5.41, 5.74) is 3.79. The van der Waals surface area contributed by atoms with Crippen molar-refractivity contribution in [2.45, 2.75) is 37.6 Å². The minimum absolute atomic E-state index is 0.0561. The molecule has 0 fully saturated rings. The van der Waals surface area contributed by atoms with E-state index in [0.29, 0.717) is 16.6 Å². The Balaban J connectivity index is 1.57. The van der Waals surface area contributed by atoms with Gasteiger partial charge in [0.05, 0.1) is 21.2 Å². The second-order valence-electron chi connectivity index (χ2n) is 9.11. The third-order valence-electron chi connectivity index (χ3n) is 5.56. The fourth-order valence-electron chi connectivity index (χ4n) is 3.70. The molecule has 0 bridgehead atoms. The van der Waals surface area contributed by atoms with Crippen LogP contribution in [0.1, 0.15) is 37.5 Å². The van der Waals surface area contributed by atoms with Gasteiger partial charge >= 0.3 is 0 Å². The van der Waals surface area contributed by atoms with Gasteiger partial charge in [0.25, 0.3) is 10.0 Å². The number of nitrogens with one attached hydrogen (secondary N) is 1. The Kier molecular flexibility index (Phi) is 6.76. The minimum atomic E-state index is -3.78. The number of para-hydroxylation sites is 1. The van der Waals surface area contributed by atoms with E-state index in [1.807, 2.05) is 54.7 Å². The summed E-state index contributed by atoms with van der Waals surface area (Å²) < 4.78 is 27.5. The quantitative estimate of drug-likeness (QED) is 0.233. The van der Waals surface area contributed by atoms with Crippen LogP contribution in [0.15, 0.2) is 82.9 Å². The molecule has 0 aliphatic rings. The Morgan fingerprint density at radius 3 is 2.35 bits per heavy atom. The van der Waals surface area contributed by atoms with E-state index in [-0.39, 0.29) is 10.3 Å². The van der Waals surface area contributed by atoms with Crippen molar-refractivity contribution in [2.24, 2.45) is 5.10 Å². The van der Waals surface area contributed by atoms with Crippen LogP contribution in [0.3, 0.4) is 0 Å². The first kappa shape index (κ1) is 24.3. The van der Waals surface area contributed by atoms with Crippen molar-refractivity contribution >= 4 is 50.3 Å². The van der Waals surface area contributed by atoms with E-state index >= 15 is 0 Å². The van der Waals surface area contributed by atoms with Gasteiger partial charge in [-0.15, -0.1) is 0 Å². The van der Waals surface area contributed by atoms with Gasteiger partial charge in [0.1, 0.15) is 0 Å². The SMILES string of the molecule is CC(C)(C)c1ccc(S(=O)(=O)NN=Cc2cn(Cc3ccc(Cl)c(Cl)c3)c3ccccc23)cc1. The van der Waals surface area contributed by atoms with Gasteiger partial charge in [-0.05, 0) is 46.9 Å². The monoisotopic (exact) mass is 513 g/mol. The van der Waals surface area contributed by atoms with E-state index < -0.39 is 10.0 Å². The van der Waals surface area contributed by atoms with Crippen LogP contribution in [0.2, 0.25) is 10.0 Å². The van der Waals surface area contributed by atoms with Crippen LogP contribution in [0.4, 0.5) is 0 Å². The molecule has 0 aliphatic carbocycles. The molecule has 0 spiro atoms. The number of hydrazone groups is 1. The van der Waals surface area contributed by atoms with Gasteiger partial charge in [0, 0.05) is 29.2 Å². The molecule has 0 unspecified atom stereocenters. The summed E-state index contributed by atoms with van der Waals surface area (Å²) in [6.45, 7) is 6.82. The van der Waals surface area contributed by atoms with Crippen molar-refractivity contribution in [3.05, 3.63) is 99.7 Å². The smallest absolute Gasteiger partial charge is 0.276 e.